The second-order valence-electron chi connectivity index (χ2n) is 5.09. The molecule has 1 aliphatic rings. The number of piperidine rings is 1. The molecule has 1 saturated heterocycles. The SMILES string of the molecule is CCCCNC(=O)[C@H]1CC[C@H](C)N(CC(=O)O)C1. The molecule has 2 N–H and O–H groups in total. The Hall–Kier alpha value is -1.10. The highest BCUT2D eigenvalue weighted by Crippen LogP contribution is 2.21. The van der Waals surface area contributed by atoms with Crippen LogP contribution in [0.1, 0.15) is 39.5 Å². The Balaban J connectivity index is 2.42. The van der Waals surface area contributed by atoms with E-state index in [-0.39, 0.29) is 24.4 Å². The number of carbonyl (C=O) groups excluding carboxylic acids is 1. The standard InChI is InChI=1S/C13H24N2O3/c1-3-4-7-14-13(18)11-6-5-10(2)15(8-11)9-12(16)17/h10-11H,3-9H2,1-2H3,(H,14,18)(H,16,17)/t10-,11-/m0/s1. The van der Waals surface area contributed by atoms with Crippen LogP contribution in [-0.2, 0) is 9.59 Å². The maximum atomic E-state index is 11.9. The number of hydrogen-bond acceptors (Lipinski definition) is 3. The number of hydrogen-bond donors (Lipinski definition) is 2. The average Bonchev–Trinajstić information content (AvgIpc) is 2.31. The third-order valence-corrected chi connectivity index (χ3v) is 3.55. The van der Waals surface area contributed by atoms with Crippen LogP contribution in [0.15, 0.2) is 0 Å². The lowest BCUT2D eigenvalue weighted by molar-refractivity contribution is -0.140. The molecule has 0 aromatic rings. The van der Waals surface area contributed by atoms with Crippen molar-refractivity contribution in [3.05, 3.63) is 0 Å². The molecule has 0 aromatic carbocycles. The van der Waals surface area contributed by atoms with Crippen LogP contribution in [0.4, 0.5) is 0 Å². The summed E-state index contributed by atoms with van der Waals surface area (Å²) in [5, 5.41) is 11.8. The number of aliphatic carboxylic acids is 1. The maximum absolute atomic E-state index is 11.9. The summed E-state index contributed by atoms with van der Waals surface area (Å²) in [5.41, 5.74) is 0. The van der Waals surface area contributed by atoms with Crippen molar-refractivity contribution in [2.45, 2.75) is 45.6 Å². The van der Waals surface area contributed by atoms with Crippen molar-refractivity contribution in [1.29, 1.82) is 0 Å². The zero-order valence-corrected chi connectivity index (χ0v) is 11.3. The monoisotopic (exact) mass is 256 g/mol. The van der Waals surface area contributed by atoms with E-state index in [4.69, 9.17) is 5.11 Å². The number of rotatable bonds is 6. The fourth-order valence-corrected chi connectivity index (χ4v) is 2.32. The van der Waals surface area contributed by atoms with Gasteiger partial charge in [0.2, 0.25) is 5.91 Å². The van der Waals surface area contributed by atoms with Crippen molar-refractivity contribution < 1.29 is 14.7 Å². The van der Waals surface area contributed by atoms with Crippen LogP contribution in [-0.4, -0.2) is 47.6 Å². The van der Waals surface area contributed by atoms with Crippen LogP contribution in [0.2, 0.25) is 0 Å². The minimum absolute atomic E-state index is 0.0277. The van der Waals surface area contributed by atoms with E-state index in [0.29, 0.717) is 6.54 Å². The van der Waals surface area contributed by atoms with E-state index in [1.165, 1.54) is 0 Å². The summed E-state index contributed by atoms with van der Waals surface area (Å²) >= 11 is 0. The normalized spacial score (nSPS) is 24.8. The van der Waals surface area contributed by atoms with Crippen molar-refractivity contribution in [2.75, 3.05) is 19.6 Å². The molecule has 1 aliphatic heterocycles. The predicted octanol–water partition coefficient (Wildman–Crippen LogP) is 1.09. The predicted molar refractivity (Wildman–Crippen MR) is 69.3 cm³/mol. The molecular formula is C13H24N2O3. The van der Waals surface area contributed by atoms with E-state index < -0.39 is 5.97 Å². The van der Waals surface area contributed by atoms with E-state index in [9.17, 15) is 9.59 Å². The van der Waals surface area contributed by atoms with Gasteiger partial charge in [-0.05, 0) is 26.2 Å². The van der Waals surface area contributed by atoms with Crippen LogP contribution in [0.3, 0.4) is 0 Å². The van der Waals surface area contributed by atoms with Crippen LogP contribution in [0, 0.1) is 5.92 Å². The van der Waals surface area contributed by atoms with Gasteiger partial charge in [0, 0.05) is 19.1 Å². The van der Waals surface area contributed by atoms with Gasteiger partial charge in [-0.3, -0.25) is 14.5 Å². The van der Waals surface area contributed by atoms with Crippen LogP contribution < -0.4 is 5.32 Å². The molecule has 1 heterocycles. The lowest BCUT2D eigenvalue weighted by atomic mass is 9.92. The lowest BCUT2D eigenvalue weighted by Gasteiger charge is -2.36. The second-order valence-corrected chi connectivity index (χ2v) is 5.09. The number of amides is 1. The Morgan fingerprint density at radius 1 is 1.39 bits per heavy atom. The van der Waals surface area contributed by atoms with Crippen molar-refractivity contribution in [2.24, 2.45) is 5.92 Å². The smallest absolute Gasteiger partial charge is 0.317 e. The van der Waals surface area contributed by atoms with Crippen molar-refractivity contribution in [3.63, 3.8) is 0 Å². The number of carboxylic acid groups (broad SMARTS) is 1. The third kappa shape index (κ3) is 4.64. The molecule has 0 aliphatic carbocycles. The van der Waals surface area contributed by atoms with Crippen molar-refractivity contribution >= 4 is 11.9 Å². The number of unbranched alkanes of at least 4 members (excludes halogenated alkanes) is 1. The summed E-state index contributed by atoms with van der Waals surface area (Å²) in [6.07, 6.45) is 3.80. The molecule has 5 nitrogen and oxygen atoms in total. The van der Waals surface area contributed by atoms with Gasteiger partial charge in [-0.15, -0.1) is 0 Å². The minimum Gasteiger partial charge on any atom is -0.480 e. The summed E-state index contributed by atoms with van der Waals surface area (Å²) in [7, 11) is 0. The fraction of sp³-hybridized carbons (Fsp3) is 0.846. The Labute approximate surface area is 109 Å². The van der Waals surface area contributed by atoms with E-state index in [0.717, 1.165) is 32.2 Å². The zero-order valence-electron chi connectivity index (χ0n) is 11.3. The highest BCUT2D eigenvalue weighted by Gasteiger charge is 2.30. The Kier molecular flexibility index (Phi) is 6.12. The molecule has 0 radical (unpaired) electrons. The molecule has 0 unspecified atom stereocenters. The summed E-state index contributed by atoms with van der Waals surface area (Å²) < 4.78 is 0. The first kappa shape index (κ1) is 15.0. The first-order valence-corrected chi connectivity index (χ1v) is 6.78. The minimum atomic E-state index is -0.825. The molecule has 0 spiro atoms. The molecule has 104 valence electrons. The van der Waals surface area contributed by atoms with Crippen LogP contribution in [0.25, 0.3) is 0 Å². The quantitative estimate of drug-likeness (QED) is 0.698. The molecule has 5 heteroatoms. The van der Waals surface area contributed by atoms with Gasteiger partial charge in [-0.25, -0.2) is 0 Å². The van der Waals surface area contributed by atoms with Gasteiger partial charge in [0.15, 0.2) is 0 Å². The zero-order chi connectivity index (χ0) is 13.5. The molecule has 0 bridgehead atoms. The van der Waals surface area contributed by atoms with Gasteiger partial charge in [-0.2, -0.15) is 0 Å². The number of carbonyl (C=O) groups is 2. The third-order valence-electron chi connectivity index (χ3n) is 3.55. The largest absolute Gasteiger partial charge is 0.480 e. The lowest BCUT2D eigenvalue weighted by Crippen LogP contribution is -2.48. The Bertz CT molecular complexity index is 294. The van der Waals surface area contributed by atoms with Crippen LogP contribution >= 0.6 is 0 Å². The summed E-state index contributed by atoms with van der Waals surface area (Å²) in [5.74, 6) is -0.808. The van der Waals surface area contributed by atoms with Gasteiger partial charge < -0.3 is 10.4 Å². The van der Waals surface area contributed by atoms with Gasteiger partial charge in [0.25, 0.3) is 0 Å². The van der Waals surface area contributed by atoms with E-state index in [2.05, 4.69) is 12.2 Å². The molecular weight excluding hydrogens is 232 g/mol. The number of nitrogens with one attached hydrogen (secondary N) is 1. The first-order valence-electron chi connectivity index (χ1n) is 6.78. The van der Waals surface area contributed by atoms with E-state index >= 15 is 0 Å². The first-order chi connectivity index (χ1) is 8.54. The molecule has 1 rings (SSSR count). The number of likely N-dealkylation sites (tertiary alicyclic amines) is 1. The van der Waals surface area contributed by atoms with Gasteiger partial charge >= 0.3 is 5.97 Å². The average molecular weight is 256 g/mol. The fourth-order valence-electron chi connectivity index (χ4n) is 2.32. The summed E-state index contributed by atoms with van der Waals surface area (Å²) in [6, 6.07) is 0.251. The van der Waals surface area contributed by atoms with E-state index in [1.54, 1.807) is 0 Å². The van der Waals surface area contributed by atoms with Crippen molar-refractivity contribution in [1.82, 2.24) is 10.2 Å². The van der Waals surface area contributed by atoms with E-state index in [1.807, 2.05) is 11.8 Å². The van der Waals surface area contributed by atoms with Gasteiger partial charge in [0.1, 0.15) is 0 Å². The summed E-state index contributed by atoms with van der Waals surface area (Å²) in [4.78, 5) is 24.6. The number of nitrogens with zero attached hydrogens (tertiary/aromatic N) is 1. The van der Waals surface area contributed by atoms with Gasteiger partial charge in [-0.1, -0.05) is 13.3 Å². The maximum Gasteiger partial charge on any atom is 0.317 e. The topological polar surface area (TPSA) is 69.6 Å². The van der Waals surface area contributed by atoms with Gasteiger partial charge in [0.05, 0.1) is 12.5 Å². The second kappa shape index (κ2) is 7.36. The van der Waals surface area contributed by atoms with Crippen molar-refractivity contribution in [3.8, 4) is 0 Å². The van der Waals surface area contributed by atoms with Crippen LogP contribution in [0.5, 0.6) is 0 Å². The molecule has 2 atom stereocenters. The Morgan fingerprint density at radius 3 is 2.72 bits per heavy atom. The molecule has 1 fully saturated rings. The molecule has 0 aromatic heterocycles. The molecule has 0 saturated carbocycles. The molecule has 18 heavy (non-hydrogen) atoms. The molecule has 1 amide bonds. The summed E-state index contributed by atoms with van der Waals surface area (Å²) in [6.45, 7) is 5.42. The highest BCUT2D eigenvalue weighted by atomic mass is 16.4. The number of carboxylic acids is 1. The highest BCUT2D eigenvalue weighted by molar-refractivity contribution is 5.79. The Morgan fingerprint density at radius 2 is 2.11 bits per heavy atom.